The fourth-order valence-corrected chi connectivity index (χ4v) is 4.76. The van der Waals surface area contributed by atoms with Crippen molar-refractivity contribution in [1.82, 2.24) is 5.32 Å². The maximum absolute atomic E-state index is 10.8. The molecule has 4 heteroatoms. The predicted octanol–water partition coefficient (Wildman–Crippen LogP) is 6.27. The first-order chi connectivity index (χ1) is 14.1. The second-order valence-electron chi connectivity index (χ2n) is 8.30. The average molecular weight is 424 g/mol. The number of hydrogen-bond acceptors (Lipinski definition) is 2. The molecule has 1 fully saturated rings. The summed E-state index contributed by atoms with van der Waals surface area (Å²) in [5.74, 6) is -0.181. The number of aliphatic carboxylic acids is 1. The molecule has 30 heavy (non-hydrogen) atoms. The van der Waals surface area contributed by atoms with Crippen LogP contribution >= 0.6 is 12.4 Å². The van der Waals surface area contributed by atoms with E-state index in [4.69, 9.17) is 5.11 Å². The molecule has 0 bridgehead atoms. The predicted molar refractivity (Wildman–Crippen MR) is 126 cm³/mol. The molecule has 0 saturated heterocycles. The number of hydrogen-bond donors (Lipinski definition) is 2. The van der Waals surface area contributed by atoms with Crippen LogP contribution in [0.4, 0.5) is 0 Å². The molecule has 0 heterocycles. The summed E-state index contributed by atoms with van der Waals surface area (Å²) in [5.41, 5.74) is 3.85. The normalized spacial score (nSPS) is 19.4. The number of halogens is 1. The van der Waals surface area contributed by atoms with E-state index in [9.17, 15) is 4.79 Å². The third-order valence-electron chi connectivity index (χ3n) is 6.26. The molecule has 3 aromatic rings. The minimum Gasteiger partial charge on any atom is -0.481 e. The summed E-state index contributed by atoms with van der Waals surface area (Å²) >= 11 is 0. The zero-order valence-corrected chi connectivity index (χ0v) is 18.2. The van der Waals surface area contributed by atoms with Gasteiger partial charge in [0.2, 0.25) is 0 Å². The number of aryl methyl sites for hydroxylation is 1. The summed E-state index contributed by atoms with van der Waals surface area (Å²) in [5, 5.41) is 15.4. The maximum atomic E-state index is 10.8. The van der Waals surface area contributed by atoms with Crippen molar-refractivity contribution >= 4 is 29.1 Å². The van der Waals surface area contributed by atoms with Gasteiger partial charge in [-0.25, -0.2) is 0 Å². The molecule has 3 aromatic carbocycles. The van der Waals surface area contributed by atoms with E-state index in [1.54, 1.807) is 0 Å². The molecule has 4 rings (SSSR count). The molecule has 0 aromatic heterocycles. The lowest BCUT2D eigenvalue weighted by atomic mass is 9.94. The van der Waals surface area contributed by atoms with Gasteiger partial charge in [-0.3, -0.25) is 4.79 Å². The highest BCUT2D eigenvalue weighted by molar-refractivity contribution is 5.86. The number of rotatable bonds is 7. The molecule has 3 nitrogen and oxygen atoms in total. The fraction of sp³-hybridized carbons (Fsp3) is 0.346. The van der Waals surface area contributed by atoms with Gasteiger partial charge in [-0.1, -0.05) is 66.7 Å². The van der Waals surface area contributed by atoms with Gasteiger partial charge in [-0.2, -0.15) is 0 Å². The molecule has 0 aliphatic heterocycles. The van der Waals surface area contributed by atoms with Crippen LogP contribution in [0.1, 0.15) is 61.3 Å². The Morgan fingerprint density at radius 1 is 1.07 bits per heavy atom. The van der Waals surface area contributed by atoms with E-state index >= 15 is 0 Å². The molecule has 0 amide bonds. The maximum Gasteiger partial charge on any atom is 0.303 e. The van der Waals surface area contributed by atoms with Crippen molar-refractivity contribution in [3.63, 3.8) is 0 Å². The molecule has 2 N–H and O–H groups in total. The highest BCUT2D eigenvalue weighted by Crippen LogP contribution is 2.36. The second-order valence-corrected chi connectivity index (χ2v) is 8.30. The number of carboxylic acids is 1. The number of fused-ring (bicyclic) bond motifs is 1. The largest absolute Gasteiger partial charge is 0.481 e. The molecule has 0 radical (unpaired) electrons. The first-order valence-corrected chi connectivity index (χ1v) is 10.6. The van der Waals surface area contributed by atoms with Gasteiger partial charge in [-0.05, 0) is 66.0 Å². The number of benzene rings is 3. The zero-order chi connectivity index (χ0) is 20.2. The quantitative estimate of drug-likeness (QED) is 0.471. The van der Waals surface area contributed by atoms with Crippen LogP contribution < -0.4 is 5.32 Å². The van der Waals surface area contributed by atoms with Gasteiger partial charge in [0.25, 0.3) is 0 Å². The lowest BCUT2D eigenvalue weighted by Gasteiger charge is -2.21. The van der Waals surface area contributed by atoms with Gasteiger partial charge >= 0.3 is 5.97 Å². The molecular weight excluding hydrogens is 394 g/mol. The number of nitrogens with one attached hydrogen (secondary N) is 1. The minimum atomic E-state index is -0.733. The van der Waals surface area contributed by atoms with Crippen LogP contribution in [0.5, 0.6) is 0 Å². The van der Waals surface area contributed by atoms with Crippen LogP contribution in [-0.4, -0.2) is 17.1 Å². The topological polar surface area (TPSA) is 49.3 Å². The summed E-state index contributed by atoms with van der Waals surface area (Å²) in [6, 6.07) is 24.5. The summed E-state index contributed by atoms with van der Waals surface area (Å²) in [4.78, 5) is 10.8. The van der Waals surface area contributed by atoms with Gasteiger partial charge in [0.05, 0.1) is 0 Å². The van der Waals surface area contributed by atoms with E-state index in [0.717, 1.165) is 12.0 Å². The van der Waals surface area contributed by atoms with Gasteiger partial charge < -0.3 is 10.4 Å². The third kappa shape index (κ3) is 5.21. The number of carbonyl (C=O) groups is 1. The molecule has 2 unspecified atom stereocenters. The van der Waals surface area contributed by atoms with Crippen LogP contribution in [0.2, 0.25) is 0 Å². The van der Waals surface area contributed by atoms with Gasteiger partial charge in [0.1, 0.15) is 0 Å². The van der Waals surface area contributed by atoms with E-state index in [-0.39, 0.29) is 18.8 Å². The van der Waals surface area contributed by atoms with E-state index < -0.39 is 5.97 Å². The Balaban J connectivity index is 0.00000256. The molecule has 1 aliphatic carbocycles. The van der Waals surface area contributed by atoms with Gasteiger partial charge in [-0.15, -0.1) is 12.4 Å². The van der Waals surface area contributed by atoms with Crippen molar-refractivity contribution in [2.45, 2.75) is 57.0 Å². The average Bonchev–Trinajstić information content (AvgIpc) is 3.20. The Bertz CT molecular complexity index is 998. The highest BCUT2D eigenvalue weighted by Gasteiger charge is 2.27. The van der Waals surface area contributed by atoms with Crippen molar-refractivity contribution in [2.24, 2.45) is 0 Å². The first kappa shape index (κ1) is 22.3. The summed E-state index contributed by atoms with van der Waals surface area (Å²) in [6.45, 7) is 2.27. The Labute approximate surface area is 184 Å². The summed E-state index contributed by atoms with van der Waals surface area (Å²) in [7, 11) is 0. The smallest absolute Gasteiger partial charge is 0.303 e. The van der Waals surface area contributed by atoms with Crippen molar-refractivity contribution < 1.29 is 9.90 Å². The molecular formula is C26H30ClNO2. The van der Waals surface area contributed by atoms with Crippen molar-refractivity contribution in [3.05, 3.63) is 83.4 Å². The van der Waals surface area contributed by atoms with Crippen LogP contribution in [-0.2, 0) is 11.2 Å². The molecule has 1 saturated carbocycles. The van der Waals surface area contributed by atoms with Crippen LogP contribution in [0.3, 0.4) is 0 Å². The first-order valence-electron chi connectivity index (χ1n) is 10.6. The standard InChI is InChI=1S/C26H29NO2.ClH/c1-18(24-11-5-8-20-7-2-3-10-25(20)24)27-23-14-13-22(17-23)21-9-4-6-19(16-21)12-15-26(28)29;/h2-11,16,18,22-23,27H,12-15,17H2,1H3,(H,28,29);1H/t18-,22?,23?;/m1./s1. The highest BCUT2D eigenvalue weighted by atomic mass is 35.5. The SMILES string of the molecule is C[C@@H](NC1CCC(c2cccc(CCC(=O)O)c2)C1)c1cccc2ccccc12.Cl. The lowest BCUT2D eigenvalue weighted by Crippen LogP contribution is -2.29. The Hall–Kier alpha value is -2.36. The van der Waals surface area contributed by atoms with E-state index in [1.807, 2.05) is 6.07 Å². The van der Waals surface area contributed by atoms with Crippen molar-refractivity contribution in [3.8, 4) is 0 Å². The molecule has 0 spiro atoms. The Morgan fingerprint density at radius 3 is 2.67 bits per heavy atom. The monoisotopic (exact) mass is 423 g/mol. The molecule has 1 aliphatic rings. The number of carboxylic acid groups (broad SMARTS) is 1. The van der Waals surface area contributed by atoms with E-state index in [1.165, 1.54) is 34.7 Å². The summed E-state index contributed by atoms with van der Waals surface area (Å²) < 4.78 is 0. The fourth-order valence-electron chi connectivity index (χ4n) is 4.76. The van der Waals surface area contributed by atoms with Crippen molar-refractivity contribution in [1.29, 1.82) is 0 Å². The van der Waals surface area contributed by atoms with Crippen LogP contribution in [0, 0.1) is 0 Å². The Morgan fingerprint density at radius 2 is 1.83 bits per heavy atom. The van der Waals surface area contributed by atoms with Gasteiger partial charge in [0.15, 0.2) is 0 Å². The van der Waals surface area contributed by atoms with Crippen LogP contribution in [0.25, 0.3) is 10.8 Å². The summed E-state index contributed by atoms with van der Waals surface area (Å²) in [6.07, 6.45) is 4.30. The molecule has 3 atom stereocenters. The third-order valence-corrected chi connectivity index (χ3v) is 6.26. The minimum absolute atomic E-state index is 0. The Kier molecular flexibility index (Phi) is 7.52. The zero-order valence-electron chi connectivity index (χ0n) is 17.4. The second kappa shape index (κ2) is 10.1. The molecule has 158 valence electrons. The van der Waals surface area contributed by atoms with Gasteiger partial charge in [0, 0.05) is 18.5 Å². The van der Waals surface area contributed by atoms with Crippen LogP contribution in [0.15, 0.2) is 66.7 Å². The van der Waals surface area contributed by atoms with Crippen molar-refractivity contribution in [2.75, 3.05) is 0 Å². The van der Waals surface area contributed by atoms with E-state index in [2.05, 4.69) is 72.9 Å². The lowest BCUT2D eigenvalue weighted by molar-refractivity contribution is -0.136. The van der Waals surface area contributed by atoms with E-state index in [0.29, 0.717) is 24.4 Å².